The first-order valence-corrected chi connectivity index (χ1v) is 11.2. The Kier molecular flexibility index (Phi) is 5.85. The van der Waals surface area contributed by atoms with E-state index in [-0.39, 0.29) is 0 Å². The lowest BCUT2D eigenvalue weighted by molar-refractivity contribution is 0.0808. The van der Waals surface area contributed by atoms with Crippen LogP contribution in [0.1, 0.15) is 62.5 Å². The predicted octanol–water partition coefficient (Wildman–Crippen LogP) is 5.14. The maximum absolute atomic E-state index is 9.85. The minimum absolute atomic E-state index is 0.402. The van der Waals surface area contributed by atoms with Crippen LogP contribution in [0.4, 0.5) is 0 Å². The second-order valence-corrected chi connectivity index (χ2v) is 9.73. The summed E-state index contributed by atoms with van der Waals surface area (Å²) in [5.41, 5.74) is 5.04. The fourth-order valence-corrected chi connectivity index (χ4v) is 6.42. The van der Waals surface area contributed by atoms with Crippen LogP contribution in [0.2, 0.25) is 0 Å². The lowest BCUT2D eigenvalue weighted by atomic mass is 9.55. The van der Waals surface area contributed by atoms with Crippen molar-refractivity contribution < 1.29 is 9.84 Å². The quantitative estimate of drug-likeness (QED) is 0.545. The fraction of sp³-hybridized carbons (Fsp3) is 0.680. The molecule has 3 nitrogen and oxygen atoms in total. The first-order valence-electron chi connectivity index (χ1n) is 11.2. The first kappa shape index (κ1) is 20.0. The van der Waals surface area contributed by atoms with Gasteiger partial charge in [0.1, 0.15) is 5.75 Å². The smallest absolute Gasteiger partial charge is 0.115 e. The second kappa shape index (κ2) is 8.20. The summed E-state index contributed by atoms with van der Waals surface area (Å²) >= 11 is 0. The standard InChI is InChI=1S/C25H37NO2/c1-25-13-12-22-21-10-8-20(27)17-18(21)6-9-23(22)24(25)11-7-19(25)5-4-15-28-16-14-26(2)3/h5,8,10,17,22-24,27H,4,6-7,9,11-16H2,1-3H3/b19-5+. The topological polar surface area (TPSA) is 32.7 Å². The Hall–Kier alpha value is -1.32. The van der Waals surface area contributed by atoms with Gasteiger partial charge in [0.2, 0.25) is 0 Å². The molecule has 1 aromatic carbocycles. The third-order valence-corrected chi connectivity index (χ3v) is 7.89. The molecule has 3 heteroatoms. The number of aromatic hydroxyl groups is 1. The zero-order chi connectivity index (χ0) is 19.7. The van der Waals surface area contributed by atoms with E-state index < -0.39 is 0 Å². The average molecular weight is 384 g/mol. The highest BCUT2D eigenvalue weighted by atomic mass is 16.5. The number of rotatable bonds is 6. The molecule has 1 aromatic rings. The summed E-state index contributed by atoms with van der Waals surface area (Å²) in [5, 5.41) is 9.85. The van der Waals surface area contributed by atoms with Gasteiger partial charge in [0.05, 0.1) is 13.2 Å². The number of aryl methyl sites for hydroxylation is 1. The highest BCUT2D eigenvalue weighted by Gasteiger charge is 2.52. The molecule has 1 N–H and O–H groups in total. The van der Waals surface area contributed by atoms with Crippen LogP contribution < -0.4 is 0 Å². The summed E-state index contributed by atoms with van der Waals surface area (Å²) < 4.78 is 5.80. The number of likely N-dealkylation sites (N-methyl/N-ethyl adjacent to an activating group) is 1. The van der Waals surface area contributed by atoms with Crippen LogP contribution in [0.25, 0.3) is 0 Å². The van der Waals surface area contributed by atoms with Gasteiger partial charge in [-0.1, -0.05) is 24.6 Å². The normalized spacial score (nSPS) is 33.0. The number of allylic oxidation sites excluding steroid dienone is 1. The van der Waals surface area contributed by atoms with Crippen LogP contribution in [-0.4, -0.2) is 43.9 Å². The molecule has 0 aliphatic heterocycles. The van der Waals surface area contributed by atoms with Gasteiger partial charge in [0, 0.05) is 6.54 Å². The lowest BCUT2D eigenvalue weighted by Crippen LogP contribution is -2.40. The average Bonchev–Trinajstić information content (AvgIpc) is 3.00. The molecule has 0 radical (unpaired) electrons. The number of fused-ring (bicyclic) bond motifs is 5. The molecule has 0 saturated heterocycles. The van der Waals surface area contributed by atoms with E-state index in [9.17, 15) is 5.11 Å². The van der Waals surface area contributed by atoms with Gasteiger partial charge in [0.15, 0.2) is 0 Å². The van der Waals surface area contributed by atoms with Crippen molar-refractivity contribution in [2.45, 2.75) is 57.8 Å². The summed E-state index contributed by atoms with van der Waals surface area (Å²) in [4.78, 5) is 2.17. The number of phenols is 1. The van der Waals surface area contributed by atoms with E-state index >= 15 is 0 Å². The number of phenolic OH excluding ortho intramolecular Hbond substituents is 1. The Morgan fingerprint density at radius 2 is 2.04 bits per heavy atom. The second-order valence-electron chi connectivity index (χ2n) is 9.73. The first-order chi connectivity index (χ1) is 13.5. The minimum Gasteiger partial charge on any atom is -0.508 e. The number of hydrogen-bond acceptors (Lipinski definition) is 3. The van der Waals surface area contributed by atoms with Crippen molar-refractivity contribution in [3.63, 3.8) is 0 Å². The molecule has 0 aromatic heterocycles. The predicted molar refractivity (Wildman–Crippen MR) is 115 cm³/mol. The van der Waals surface area contributed by atoms with Crippen LogP contribution in [0.3, 0.4) is 0 Å². The van der Waals surface area contributed by atoms with Crippen LogP contribution in [0, 0.1) is 17.3 Å². The number of ether oxygens (including phenoxy) is 1. The van der Waals surface area contributed by atoms with Gasteiger partial charge in [-0.15, -0.1) is 0 Å². The largest absolute Gasteiger partial charge is 0.508 e. The number of nitrogens with zero attached hydrogens (tertiary/aromatic N) is 1. The summed E-state index contributed by atoms with van der Waals surface area (Å²) in [6.45, 7) is 5.22. The van der Waals surface area contributed by atoms with E-state index in [1.165, 1.54) is 43.2 Å². The number of hydrogen-bond donors (Lipinski definition) is 1. The molecule has 3 aliphatic rings. The van der Waals surface area contributed by atoms with E-state index in [1.807, 2.05) is 12.1 Å². The summed E-state index contributed by atoms with van der Waals surface area (Å²) in [6.07, 6.45) is 11.3. The molecule has 0 spiro atoms. The molecular weight excluding hydrogens is 346 g/mol. The van der Waals surface area contributed by atoms with E-state index in [0.29, 0.717) is 17.1 Å². The van der Waals surface area contributed by atoms with Gasteiger partial charge in [-0.05, 0) is 105 Å². The molecule has 0 bridgehead atoms. The molecule has 0 heterocycles. The van der Waals surface area contributed by atoms with Gasteiger partial charge in [-0.3, -0.25) is 0 Å². The summed E-state index contributed by atoms with van der Waals surface area (Å²) in [5.74, 6) is 2.78. The van der Waals surface area contributed by atoms with Crippen molar-refractivity contribution in [2.75, 3.05) is 33.9 Å². The van der Waals surface area contributed by atoms with Crippen molar-refractivity contribution >= 4 is 0 Å². The van der Waals surface area contributed by atoms with Crippen molar-refractivity contribution in [1.29, 1.82) is 0 Å². The Morgan fingerprint density at radius 1 is 1.18 bits per heavy atom. The maximum Gasteiger partial charge on any atom is 0.115 e. The Balaban J connectivity index is 1.41. The third kappa shape index (κ3) is 3.76. The van der Waals surface area contributed by atoms with Gasteiger partial charge in [-0.2, -0.15) is 0 Å². The van der Waals surface area contributed by atoms with Gasteiger partial charge >= 0.3 is 0 Å². The van der Waals surface area contributed by atoms with Crippen molar-refractivity contribution in [3.05, 3.63) is 41.0 Å². The summed E-state index contributed by atoms with van der Waals surface area (Å²) in [6, 6.07) is 6.11. The molecule has 4 rings (SSSR count). The van der Waals surface area contributed by atoms with E-state index in [2.05, 4.69) is 38.1 Å². The Labute approximate surface area is 170 Å². The molecule has 3 aliphatic carbocycles. The molecular formula is C25H37NO2. The van der Waals surface area contributed by atoms with Crippen molar-refractivity contribution in [2.24, 2.45) is 17.3 Å². The molecule has 4 atom stereocenters. The van der Waals surface area contributed by atoms with Gasteiger partial charge in [0.25, 0.3) is 0 Å². The molecule has 2 fully saturated rings. The van der Waals surface area contributed by atoms with E-state index in [4.69, 9.17) is 4.74 Å². The highest BCUT2D eigenvalue weighted by Crippen LogP contribution is 2.62. The van der Waals surface area contributed by atoms with Gasteiger partial charge < -0.3 is 14.7 Å². The monoisotopic (exact) mass is 383 g/mol. The van der Waals surface area contributed by atoms with E-state index in [1.54, 1.807) is 5.57 Å². The molecule has 2 saturated carbocycles. The maximum atomic E-state index is 9.85. The molecule has 0 amide bonds. The van der Waals surface area contributed by atoms with Crippen molar-refractivity contribution in [1.82, 2.24) is 4.90 Å². The fourth-order valence-electron chi connectivity index (χ4n) is 6.42. The zero-order valence-electron chi connectivity index (χ0n) is 17.9. The summed E-state index contributed by atoms with van der Waals surface area (Å²) in [7, 11) is 4.18. The van der Waals surface area contributed by atoms with Crippen LogP contribution >= 0.6 is 0 Å². The molecule has 28 heavy (non-hydrogen) atoms. The minimum atomic E-state index is 0.402. The van der Waals surface area contributed by atoms with Crippen LogP contribution in [-0.2, 0) is 11.2 Å². The van der Waals surface area contributed by atoms with E-state index in [0.717, 1.165) is 44.4 Å². The molecule has 154 valence electrons. The third-order valence-electron chi connectivity index (χ3n) is 7.89. The van der Waals surface area contributed by atoms with Crippen LogP contribution in [0.5, 0.6) is 5.75 Å². The lowest BCUT2D eigenvalue weighted by Gasteiger charge is -2.49. The van der Waals surface area contributed by atoms with Crippen molar-refractivity contribution in [3.8, 4) is 5.75 Å². The molecule has 4 unspecified atom stereocenters. The Morgan fingerprint density at radius 3 is 2.86 bits per heavy atom. The Bertz CT molecular complexity index is 725. The zero-order valence-corrected chi connectivity index (χ0v) is 17.9. The van der Waals surface area contributed by atoms with Gasteiger partial charge in [-0.25, -0.2) is 0 Å². The van der Waals surface area contributed by atoms with Crippen LogP contribution in [0.15, 0.2) is 29.8 Å². The number of benzene rings is 1. The SMILES string of the molecule is CN(C)CCOCC/C=C1\CCC2C3CCc4cc(O)ccc4C3CCC12C. The highest BCUT2D eigenvalue weighted by molar-refractivity contribution is 5.40.